The Hall–Kier alpha value is -1.79. The lowest BCUT2D eigenvalue weighted by atomic mass is 9.97. The third kappa shape index (κ3) is 8.23. The summed E-state index contributed by atoms with van der Waals surface area (Å²) in [7, 11) is 0. The molecule has 0 bridgehead atoms. The van der Waals surface area contributed by atoms with E-state index in [-0.39, 0.29) is 49.1 Å². The lowest BCUT2D eigenvalue weighted by Gasteiger charge is -2.27. The molecule has 1 saturated heterocycles. The quantitative estimate of drug-likeness (QED) is 0.609. The molecule has 1 aliphatic rings. The smallest absolute Gasteiger partial charge is 0.410 e. The van der Waals surface area contributed by atoms with Crippen LogP contribution in [0.25, 0.3) is 0 Å². The number of hydrogen-bond donors (Lipinski definition) is 1. The molecular weight excluding hydrogens is 392 g/mol. The fourth-order valence-electron chi connectivity index (χ4n) is 3.34. The van der Waals surface area contributed by atoms with Crippen molar-refractivity contribution in [1.29, 1.82) is 0 Å². The van der Waals surface area contributed by atoms with Crippen LogP contribution in [0, 0.1) is 5.92 Å². The zero-order chi connectivity index (χ0) is 20.7. The Labute approximate surface area is 180 Å². The van der Waals surface area contributed by atoms with Crippen molar-refractivity contribution in [2.45, 2.75) is 71.8 Å². The number of benzene rings is 1. The van der Waals surface area contributed by atoms with Gasteiger partial charge in [-0.2, -0.15) is 0 Å². The van der Waals surface area contributed by atoms with Crippen LogP contribution in [0.4, 0.5) is 4.79 Å². The molecular formula is C22H35ClN2O4. The molecule has 2 rings (SSSR count). The summed E-state index contributed by atoms with van der Waals surface area (Å²) in [6.45, 7) is 11.3. The van der Waals surface area contributed by atoms with Crippen molar-refractivity contribution in [3.63, 3.8) is 0 Å². The van der Waals surface area contributed by atoms with Crippen LogP contribution >= 0.6 is 0 Å². The number of carbonyl (C=O) groups excluding carboxylic acids is 2. The molecule has 1 heterocycles. The fraction of sp³-hybridized carbons (Fsp3) is 0.636. The molecule has 0 unspecified atom stereocenters. The molecule has 3 atom stereocenters. The minimum atomic E-state index is -0.500. The van der Waals surface area contributed by atoms with Gasteiger partial charge in [0.25, 0.3) is 0 Å². The predicted octanol–water partition coefficient (Wildman–Crippen LogP) is -0.279. The lowest BCUT2D eigenvalue weighted by molar-refractivity contribution is -0.713. The Morgan fingerprint density at radius 2 is 1.90 bits per heavy atom. The lowest BCUT2D eigenvalue weighted by Crippen LogP contribution is -3.00. The Morgan fingerprint density at radius 3 is 2.48 bits per heavy atom. The van der Waals surface area contributed by atoms with Gasteiger partial charge >= 0.3 is 12.1 Å². The first-order chi connectivity index (χ1) is 13.2. The molecule has 0 aromatic heterocycles. The molecule has 0 spiro atoms. The normalized spacial score (nSPS) is 18.5. The minimum absolute atomic E-state index is 0. The average molecular weight is 427 g/mol. The first kappa shape index (κ1) is 25.2. The van der Waals surface area contributed by atoms with Gasteiger partial charge < -0.3 is 32.1 Å². The average Bonchev–Trinajstić information content (AvgIpc) is 3.11. The van der Waals surface area contributed by atoms with Crippen LogP contribution in [-0.4, -0.2) is 47.7 Å². The molecule has 0 saturated carbocycles. The van der Waals surface area contributed by atoms with Gasteiger partial charge in [-0.25, -0.2) is 9.59 Å². The van der Waals surface area contributed by atoms with Crippen molar-refractivity contribution < 1.29 is 36.8 Å². The van der Waals surface area contributed by atoms with Gasteiger partial charge in [0, 0.05) is 18.9 Å². The van der Waals surface area contributed by atoms with E-state index < -0.39 is 5.60 Å². The van der Waals surface area contributed by atoms with Crippen LogP contribution in [0.15, 0.2) is 30.3 Å². The highest BCUT2D eigenvalue weighted by Gasteiger charge is 2.37. The highest BCUT2D eigenvalue weighted by molar-refractivity contribution is 5.75. The van der Waals surface area contributed by atoms with E-state index in [9.17, 15) is 9.59 Å². The van der Waals surface area contributed by atoms with Crippen LogP contribution in [-0.2, 0) is 20.9 Å². The van der Waals surface area contributed by atoms with E-state index in [1.165, 1.54) is 0 Å². The maximum atomic E-state index is 12.7. The van der Waals surface area contributed by atoms with Crippen molar-refractivity contribution >= 4 is 12.1 Å². The second-order valence-corrected chi connectivity index (χ2v) is 8.67. The van der Waals surface area contributed by atoms with Crippen LogP contribution in [0.2, 0.25) is 0 Å². The number of nitrogens with two attached hydrogens (primary N) is 1. The summed E-state index contributed by atoms with van der Waals surface area (Å²) in [5.41, 5.74) is 0.472. The Balaban J connectivity index is 0.00000420. The minimum Gasteiger partial charge on any atom is -1.00 e. The van der Waals surface area contributed by atoms with Crippen LogP contribution in [0.5, 0.6) is 0 Å². The predicted molar refractivity (Wildman–Crippen MR) is 108 cm³/mol. The number of esters is 1. The molecule has 29 heavy (non-hydrogen) atoms. The van der Waals surface area contributed by atoms with Crippen LogP contribution in [0.1, 0.15) is 53.0 Å². The van der Waals surface area contributed by atoms with Gasteiger partial charge in [0.2, 0.25) is 0 Å². The van der Waals surface area contributed by atoms with Crippen molar-refractivity contribution in [3.05, 3.63) is 35.9 Å². The number of carbonyl (C=O) groups is 2. The highest BCUT2D eigenvalue weighted by atomic mass is 35.5. The van der Waals surface area contributed by atoms with E-state index in [1.807, 2.05) is 51.1 Å². The maximum absolute atomic E-state index is 12.7. The third-order valence-electron chi connectivity index (χ3n) is 5.10. The molecule has 7 heteroatoms. The first-order valence-electron chi connectivity index (χ1n) is 10.2. The summed E-state index contributed by atoms with van der Waals surface area (Å²) < 4.78 is 11.0. The Bertz CT molecular complexity index is 648. The van der Waals surface area contributed by atoms with Gasteiger partial charge in [0.1, 0.15) is 18.2 Å². The number of halogens is 1. The number of hydrogen-bond acceptors (Lipinski definition) is 4. The van der Waals surface area contributed by atoms with Gasteiger partial charge in [0.05, 0.1) is 6.54 Å². The molecule has 0 radical (unpaired) electrons. The summed E-state index contributed by atoms with van der Waals surface area (Å²) in [5, 5.41) is 2.09. The summed E-state index contributed by atoms with van der Waals surface area (Å²) >= 11 is 0. The van der Waals surface area contributed by atoms with Crippen molar-refractivity contribution in [3.8, 4) is 0 Å². The van der Waals surface area contributed by atoms with Gasteiger partial charge in [-0.1, -0.05) is 44.2 Å². The number of ether oxygens (including phenoxy) is 2. The second kappa shape index (κ2) is 11.4. The zero-order valence-corrected chi connectivity index (χ0v) is 18.9. The molecule has 1 aromatic rings. The number of amides is 1. The Morgan fingerprint density at radius 1 is 1.24 bits per heavy atom. The summed E-state index contributed by atoms with van der Waals surface area (Å²) in [5.74, 6) is 0.0286. The fourth-order valence-corrected chi connectivity index (χ4v) is 3.34. The van der Waals surface area contributed by atoms with Crippen LogP contribution < -0.4 is 17.7 Å². The molecule has 164 valence electrons. The zero-order valence-electron chi connectivity index (χ0n) is 18.2. The van der Waals surface area contributed by atoms with E-state index in [2.05, 4.69) is 19.2 Å². The molecule has 0 aliphatic carbocycles. The second-order valence-electron chi connectivity index (χ2n) is 8.67. The molecule has 1 fully saturated rings. The summed E-state index contributed by atoms with van der Waals surface area (Å²) in [6.07, 6.45) is 1.45. The molecule has 1 amide bonds. The first-order valence-corrected chi connectivity index (χ1v) is 10.2. The molecule has 6 nitrogen and oxygen atoms in total. The number of likely N-dealkylation sites (tertiary alicyclic amines) is 1. The van der Waals surface area contributed by atoms with Crippen molar-refractivity contribution in [2.24, 2.45) is 5.92 Å². The third-order valence-corrected chi connectivity index (χ3v) is 5.10. The largest absolute Gasteiger partial charge is 1.00 e. The molecule has 1 aromatic carbocycles. The van der Waals surface area contributed by atoms with Crippen molar-refractivity contribution in [2.75, 3.05) is 13.1 Å². The van der Waals surface area contributed by atoms with Crippen molar-refractivity contribution in [1.82, 2.24) is 4.90 Å². The van der Waals surface area contributed by atoms with E-state index in [1.54, 1.807) is 4.90 Å². The van der Waals surface area contributed by atoms with Gasteiger partial charge in [-0.15, -0.1) is 0 Å². The highest BCUT2D eigenvalue weighted by Crippen LogP contribution is 2.15. The van der Waals surface area contributed by atoms with Gasteiger partial charge in [-0.3, -0.25) is 0 Å². The summed E-state index contributed by atoms with van der Waals surface area (Å²) in [4.78, 5) is 26.8. The van der Waals surface area contributed by atoms with E-state index in [0.29, 0.717) is 13.1 Å². The van der Waals surface area contributed by atoms with E-state index in [0.717, 1.165) is 18.4 Å². The maximum Gasteiger partial charge on any atom is 0.410 e. The topological polar surface area (TPSA) is 72.5 Å². The number of rotatable bonds is 7. The monoisotopic (exact) mass is 426 g/mol. The van der Waals surface area contributed by atoms with Crippen LogP contribution in [0.3, 0.4) is 0 Å². The van der Waals surface area contributed by atoms with E-state index >= 15 is 0 Å². The summed E-state index contributed by atoms with van der Waals surface area (Å²) in [6, 6.07) is 9.58. The molecule has 2 N–H and O–H groups in total. The van der Waals surface area contributed by atoms with E-state index in [4.69, 9.17) is 9.47 Å². The number of quaternary nitrogens is 1. The van der Waals surface area contributed by atoms with Gasteiger partial charge in [0.15, 0.2) is 6.04 Å². The molecule has 1 aliphatic heterocycles. The van der Waals surface area contributed by atoms with Gasteiger partial charge in [-0.05, 0) is 32.8 Å². The number of nitrogens with zero attached hydrogens (tertiary/aromatic N) is 1. The SMILES string of the molecule is CC[C@H](C)[C@H]([NH2+][C@H]1CCN(C(=O)OCc2ccccc2)C1)C(=O)OC(C)(C)C.[Cl-]. The standard InChI is InChI=1S/C22H34N2O4.ClH/c1-6-16(2)19(20(25)28-22(3,4)5)23-18-12-13-24(14-18)21(26)27-15-17-10-8-7-9-11-17;/h7-11,16,18-19,23H,6,12-15H2,1-5H3;1H/t16-,18-,19-;/m0./s1. The Kier molecular flexibility index (Phi) is 9.93.